The third-order valence-corrected chi connectivity index (χ3v) is 5.94. The molecular formula is C17H13Cl2FN4OS2. The number of carbonyl (C=O) groups is 1. The Hall–Kier alpha value is -1.87. The van der Waals surface area contributed by atoms with Crippen molar-refractivity contribution in [2.24, 2.45) is 0 Å². The number of benzene rings is 2. The van der Waals surface area contributed by atoms with Crippen LogP contribution in [0.2, 0.25) is 10.0 Å². The zero-order valence-electron chi connectivity index (χ0n) is 13.9. The molecule has 0 saturated carbocycles. The van der Waals surface area contributed by atoms with Gasteiger partial charge in [0.25, 0.3) is 0 Å². The summed E-state index contributed by atoms with van der Waals surface area (Å²) in [6.07, 6.45) is 0. The minimum Gasteiger partial charge on any atom is -0.328 e. The second kappa shape index (κ2) is 8.88. The van der Waals surface area contributed by atoms with E-state index in [1.54, 1.807) is 43.3 Å². The van der Waals surface area contributed by atoms with Crippen LogP contribution in [0.25, 0.3) is 0 Å². The van der Waals surface area contributed by atoms with Gasteiger partial charge in [-0.1, -0.05) is 58.4 Å². The fourth-order valence-corrected chi connectivity index (χ4v) is 4.26. The lowest BCUT2D eigenvalue weighted by molar-refractivity contribution is -0.115. The molecule has 3 rings (SSSR count). The van der Waals surface area contributed by atoms with Crippen molar-refractivity contribution < 1.29 is 9.18 Å². The number of anilines is 3. The Kier molecular flexibility index (Phi) is 6.54. The van der Waals surface area contributed by atoms with E-state index in [0.717, 1.165) is 0 Å². The predicted octanol–water partition coefficient (Wildman–Crippen LogP) is 5.85. The van der Waals surface area contributed by atoms with Crippen LogP contribution >= 0.6 is 46.3 Å². The van der Waals surface area contributed by atoms with Gasteiger partial charge in [0.1, 0.15) is 5.82 Å². The number of para-hydroxylation sites is 1. The van der Waals surface area contributed by atoms with Crippen LogP contribution in [0.15, 0.2) is 46.8 Å². The summed E-state index contributed by atoms with van der Waals surface area (Å²) in [6.45, 7) is 1.74. The summed E-state index contributed by atoms with van der Waals surface area (Å²) in [5.41, 5.74) is 0.757. The molecule has 0 radical (unpaired) electrons. The van der Waals surface area contributed by atoms with Gasteiger partial charge in [0.2, 0.25) is 11.0 Å². The quantitative estimate of drug-likeness (QED) is 0.468. The molecule has 2 N–H and O–H groups in total. The highest BCUT2D eigenvalue weighted by atomic mass is 35.5. The molecule has 2 aromatic carbocycles. The lowest BCUT2D eigenvalue weighted by Gasteiger charge is -2.11. The van der Waals surface area contributed by atoms with Gasteiger partial charge in [-0.3, -0.25) is 4.79 Å². The largest absolute Gasteiger partial charge is 0.328 e. The van der Waals surface area contributed by atoms with Crippen LogP contribution < -0.4 is 10.6 Å². The number of hydrogen-bond donors (Lipinski definition) is 2. The van der Waals surface area contributed by atoms with Crippen molar-refractivity contribution in [3.05, 3.63) is 58.3 Å². The Bertz CT molecular complexity index is 970. The molecule has 0 aliphatic carbocycles. The number of carbonyl (C=O) groups excluding carboxylic acids is 1. The molecule has 0 aliphatic rings. The van der Waals surface area contributed by atoms with E-state index in [-0.39, 0.29) is 11.7 Å². The molecule has 3 aromatic rings. The van der Waals surface area contributed by atoms with E-state index in [0.29, 0.717) is 30.9 Å². The van der Waals surface area contributed by atoms with Crippen LogP contribution in [0.1, 0.15) is 6.92 Å². The van der Waals surface area contributed by atoms with Crippen molar-refractivity contribution >= 4 is 68.7 Å². The zero-order valence-corrected chi connectivity index (χ0v) is 17.0. The molecule has 0 unspecified atom stereocenters. The molecule has 0 aliphatic heterocycles. The molecule has 0 fully saturated rings. The predicted molar refractivity (Wildman–Crippen MR) is 110 cm³/mol. The topological polar surface area (TPSA) is 66.9 Å². The molecule has 10 heteroatoms. The number of nitrogens with one attached hydrogen (secondary N) is 2. The third-order valence-electron chi connectivity index (χ3n) is 3.36. The summed E-state index contributed by atoms with van der Waals surface area (Å²) in [7, 11) is 0. The van der Waals surface area contributed by atoms with E-state index >= 15 is 0 Å². The smallest absolute Gasteiger partial charge is 0.237 e. The second-order valence-corrected chi connectivity index (χ2v) is 8.76. The van der Waals surface area contributed by atoms with Crippen LogP contribution in [-0.4, -0.2) is 21.4 Å². The van der Waals surface area contributed by atoms with Crippen LogP contribution in [0.3, 0.4) is 0 Å². The first kappa shape index (κ1) is 19.9. The third kappa shape index (κ3) is 5.32. The molecule has 0 bridgehead atoms. The average Bonchev–Trinajstić information content (AvgIpc) is 3.07. The highest BCUT2D eigenvalue weighted by molar-refractivity contribution is 8.02. The molecule has 0 saturated heterocycles. The van der Waals surface area contributed by atoms with E-state index < -0.39 is 5.25 Å². The number of thioether (sulfide) groups is 1. The van der Waals surface area contributed by atoms with Crippen molar-refractivity contribution in [2.45, 2.75) is 16.5 Å². The summed E-state index contributed by atoms with van der Waals surface area (Å²) in [5.74, 6) is -0.629. The van der Waals surface area contributed by atoms with Crippen molar-refractivity contribution in [1.29, 1.82) is 0 Å². The molecule has 5 nitrogen and oxygen atoms in total. The fraction of sp³-hybridized carbons (Fsp3) is 0.118. The van der Waals surface area contributed by atoms with Crippen LogP contribution in [-0.2, 0) is 4.79 Å². The van der Waals surface area contributed by atoms with Gasteiger partial charge in [-0.15, -0.1) is 10.2 Å². The zero-order chi connectivity index (χ0) is 19.4. The molecule has 1 heterocycles. The van der Waals surface area contributed by atoms with Crippen molar-refractivity contribution in [3.63, 3.8) is 0 Å². The Morgan fingerprint density at radius 3 is 2.74 bits per heavy atom. The fourth-order valence-electron chi connectivity index (χ4n) is 2.02. The van der Waals surface area contributed by atoms with E-state index in [1.807, 2.05) is 0 Å². The summed E-state index contributed by atoms with van der Waals surface area (Å²) in [6, 6.07) is 11.1. The highest BCUT2D eigenvalue weighted by Gasteiger charge is 2.18. The van der Waals surface area contributed by atoms with Crippen LogP contribution in [0.5, 0.6) is 0 Å². The lowest BCUT2D eigenvalue weighted by Crippen LogP contribution is -2.22. The molecule has 1 atom stereocenters. The second-order valence-electron chi connectivity index (χ2n) is 5.35. The number of rotatable bonds is 6. The minimum absolute atomic E-state index is 0.247. The van der Waals surface area contributed by atoms with Gasteiger partial charge in [-0.25, -0.2) is 4.39 Å². The SMILES string of the molecule is C[C@@H](Sc1nnc(Nc2ccccc2F)s1)C(=O)Nc1cc(Cl)ccc1Cl. The molecular weight excluding hydrogens is 430 g/mol. The Morgan fingerprint density at radius 2 is 1.96 bits per heavy atom. The monoisotopic (exact) mass is 442 g/mol. The molecule has 0 spiro atoms. The Balaban J connectivity index is 1.62. The van der Waals surface area contributed by atoms with Crippen LogP contribution in [0.4, 0.5) is 20.9 Å². The first-order chi connectivity index (χ1) is 12.9. The van der Waals surface area contributed by atoms with Crippen LogP contribution in [0, 0.1) is 5.82 Å². The van der Waals surface area contributed by atoms with Gasteiger partial charge < -0.3 is 10.6 Å². The van der Waals surface area contributed by atoms with E-state index in [4.69, 9.17) is 23.2 Å². The first-order valence-corrected chi connectivity index (χ1v) is 10.1. The van der Waals surface area contributed by atoms with Gasteiger partial charge in [0, 0.05) is 5.02 Å². The van der Waals surface area contributed by atoms with Gasteiger partial charge in [0.15, 0.2) is 4.34 Å². The summed E-state index contributed by atoms with van der Waals surface area (Å²) >= 11 is 14.5. The maximum atomic E-state index is 13.7. The van der Waals surface area contributed by atoms with E-state index in [2.05, 4.69) is 20.8 Å². The summed E-state index contributed by atoms with van der Waals surface area (Å²) < 4.78 is 14.3. The number of halogens is 3. The van der Waals surface area contributed by atoms with Crippen molar-refractivity contribution in [3.8, 4) is 0 Å². The summed E-state index contributed by atoms with van der Waals surface area (Å²) in [4.78, 5) is 12.4. The molecule has 1 amide bonds. The lowest BCUT2D eigenvalue weighted by atomic mass is 10.3. The number of aromatic nitrogens is 2. The average molecular weight is 443 g/mol. The van der Waals surface area contributed by atoms with E-state index in [9.17, 15) is 9.18 Å². The molecule has 27 heavy (non-hydrogen) atoms. The minimum atomic E-state index is -0.450. The maximum absolute atomic E-state index is 13.7. The van der Waals surface area contributed by atoms with Crippen molar-refractivity contribution in [1.82, 2.24) is 10.2 Å². The van der Waals surface area contributed by atoms with Gasteiger partial charge in [0.05, 0.1) is 21.6 Å². The highest BCUT2D eigenvalue weighted by Crippen LogP contribution is 2.32. The van der Waals surface area contributed by atoms with Gasteiger partial charge in [-0.2, -0.15) is 0 Å². The number of nitrogens with zero attached hydrogens (tertiary/aromatic N) is 2. The standard InChI is InChI=1S/C17H13Cl2FN4OS2/c1-9(15(25)21-14-8-10(18)6-7-11(14)19)26-17-24-23-16(27-17)22-13-5-3-2-4-12(13)20/h2-9H,1H3,(H,21,25)(H,22,23)/t9-/m1/s1. The normalized spacial score (nSPS) is 11.9. The summed E-state index contributed by atoms with van der Waals surface area (Å²) in [5, 5.41) is 14.5. The Labute approximate surface area is 173 Å². The number of amides is 1. The molecule has 140 valence electrons. The Morgan fingerprint density at radius 1 is 1.19 bits per heavy atom. The van der Waals surface area contributed by atoms with Gasteiger partial charge >= 0.3 is 0 Å². The number of hydrogen-bond acceptors (Lipinski definition) is 6. The van der Waals surface area contributed by atoms with Crippen molar-refractivity contribution in [2.75, 3.05) is 10.6 Å². The van der Waals surface area contributed by atoms with E-state index in [1.165, 1.54) is 29.2 Å². The first-order valence-electron chi connectivity index (χ1n) is 7.70. The maximum Gasteiger partial charge on any atom is 0.237 e. The molecule has 1 aromatic heterocycles. The van der Waals surface area contributed by atoms with Gasteiger partial charge in [-0.05, 0) is 37.3 Å².